The van der Waals surface area contributed by atoms with Gasteiger partial charge in [0.05, 0.1) is 10.9 Å². The van der Waals surface area contributed by atoms with E-state index in [1.807, 2.05) is 43.5 Å². The quantitative estimate of drug-likeness (QED) is 0.401. The van der Waals surface area contributed by atoms with Crippen LogP contribution in [0.3, 0.4) is 0 Å². The predicted octanol–water partition coefficient (Wildman–Crippen LogP) is 4.29. The summed E-state index contributed by atoms with van der Waals surface area (Å²) in [7, 11) is 0. The van der Waals surface area contributed by atoms with E-state index in [2.05, 4.69) is 25.8 Å². The molecule has 1 unspecified atom stereocenters. The molecular formula is C20H18Cl2N6OS. The maximum absolute atomic E-state index is 12.6. The summed E-state index contributed by atoms with van der Waals surface area (Å²) in [6.07, 6.45) is 2.65. The van der Waals surface area contributed by atoms with E-state index in [9.17, 15) is 4.79 Å². The number of carbonyl (C=O) groups excluding carboxylic acids is 1. The first-order valence-electron chi connectivity index (χ1n) is 9.25. The minimum atomic E-state index is -0.362. The maximum Gasteiger partial charge on any atom is 0.233 e. The molecule has 1 amide bonds. The van der Waals surface area contributed by atoms with Crippen molar-refractivity contribution in [1.82, 2.24) is 30.5 Å². The zero-order valence-corrected chi connectivity index (χ0v) is 18.3. The van der Waals surface area contributed by atoms with Crippen LogP contribution < -0.4 is 5.32 Å². The van der Waals surface area contributed by atoms with Gasteiger partial charge >= 0.3 is 0 Å². The smallest absolute Gasteiger partial charge is 0.233 e. The van der Waals surface area contributed by atoms with Crippen molar-refractivity contribution in [2.45, 2.75) is 23.8 Å². The highest BCUT2D eigenvalue weighted by atomic mass is 35.5. The highest BCUT2D eigenvalue weighted by molar-refractivity contribution is 8.00. The van der Waals surface area contributed by atoms with Gasteiger partial charge in [-0.2, -0.15) is 4.68 Å². The number of aromatic nitrogens is 5. The second kappa shape index (κ2) is 9.07. The second-order valence-electron chi connectivity index (χ2n) is 6.65. The van der Waals surface area contributed by atoms with Gasteiger partial charge in [-0.15, -0.1) is 5.10 Å². The van der Waals surface area contributed by atoms with Gasteiger partial charge in [0.15, 0.2) is 0 Å². The topological polar surface area (TPSA) is 88.5 Å². The van der Waals surface area contributed by atoms with E-state index < -0.39 is 0 Å². The molecule has 7 nitrogen and oxygen atoms in total. The van der Waals surface area contributed by atoms with Gasteiger partial charge in [-0.1, -0.05) is 35.0 Å². The molecule has 154 valence electrons. The number of hydrogen-bond donors (Lipinski definition) is 2. The average molecular weight is 461 g/mol. The molecule has 0 fully saturated rings. The molecule has 0 aliphatic carbocycles. The van der Waals surface area contributed by atoms with Crippen LogP contribution in [0.15, 0.2) is 53.8 Å². The van der Waals surface area contributed by atoms with Gasteiger partial charge in [0.1, 0.15) is 0 Å². The number of hydrogen-bond acceptors (Lipinski definition) is 5. The molecule has 30 heavy (non-hydrogen) atoms. The monoisotopic (exact) mass is 460 g/mol. The van der Waals surface area contributed by atoms with E-state index in [1.54, 1.807) is 16.8 Å². The molecular weight excluding hydrogens is 443 g/mol. The molecule has 1 atom stereocenters. The first-order chi connectivity index (χ1) is 14.5. The number of nitrogens with one attached hydrogen (secondary N) is 2. The van der Waals surface area contributed by atoms with E-state index in [0.717, 1.165) is 22.2 Å². The number of rotatable bonds is 7. The Kier molecular flexibility index (Phi) is 6.26. The third kappa shape index (κ3) is 4.61. The predicted molar refractivity (Wildman–Crippen MR) is 120 cm³/mol. The molecule has 4 rings (SSSR count). The van der Waals surface area contributed by atoms with E-state index in [1.165, 1.54) is 11.8 Å². The summed E-state index contributed by atoms with van der Waals surface area (Å²) >= 11 is 13.3. The second-order valence-corrected chi connectivity index (χ2v) is 8.84. The van der Waals surface area contributed by atoms with Crippen LogP contribution in [0.4, 0.5) is 0 Å². The molecule has 2 heterocycles. The highest BCUT2D eigenvalue weighted by Gasteiger charge is 2.19. The van der Waals surface area contributed by atoms with Gasteiger partial charge < -0.3 is 10.3 Å². The molecule has 4 aromatic rings. The van der Waals surface area contributed by atoms with Crippen molar-refractivity contribution in [3.63, 3.8) is 0 Å². The summed E-state index contributed by atoms with van der Waals surface area (Å²) in [6, 6.07) is 12.9. The molecule has 2 N–H and O–H groups in total. The normalized spacial score (nSPS) is 12.2. The minimum Gasteiger partial charge on any atom is -0.361 e. The van der Waals surface area contributed by atoms with Crippen molar-refractivity contribution in [2.24, 2.45) is 0 Å². The number of tetrazole rings is 1. The number of halogens is 2. The van der Waals surface area contributed by atoms with Gasteiger partial charge in [-0.25, -0.2) is 0 Å². The van der Waals surface area contributed by atoms with Gasteiger partial charge in [-0.3, -0.25) is 4.79 Å². The summed E-state index contributed by atoms with van der Waals surface area (Å²) in [6.45, 7) is 2.34. The maximum atomic E-state index is 12.6. The molecule has 0 saturated heterocycles. The van der Waals surface area contributed by atoms with E-state index in [0.29, 0.717) is 28.2 Å². The molecule has 0 bridgehead atoms. The van der Waals surface area contributed by atoms with Gasteiger partial charge in [0, 0.05) is 33.7 Å². The number of fused-ring (bicyclic) bond motifs is 1. The Bertz CT molecular complexity index is 1170. The Balaban J connectivity index is 1.35. The lowest BCUT2D eigenvalue weighted by Crippen LogP contribution is -2.32. The van der Waals surface area contributed by atoms with E-state index in [-0.39, 0.29) is 11.2 Å². The van der Waals surface area contributed by atoms with Crippen LogP contribution in [0.25, 0.3) is 16.6 Å². The van der Waals surface area contributed by atoms with Crippen LogP contribution in [0, 0.1) is 0 Å². The Labute approximate surface area is 187 Å². The molecule has 10 heteroatoms. The van der Waals surface area contributed by atoms with Crippen LogP contribution in [0.1, 0.15) is 12.5 Å². The summed E-state index contributed by atoms with van der Waals surface area (Å²) in [4.78, 5) is 15.8. The number of amides is 1. The van der Waals surface area contributed by atoms with Crippen molar-refractivity contribution < 1.29 is 4.79 Å². The van der Waals surface area contributed by atoms with Gasteiger partial charge in [0.2, 0.25) is 11.1 Å². The van der Waals surface area contributed by atoms with Crippen LogP contribution in [-0.4, -0.2) is 42.9 Å². The van der Waals surface area contributed by atoms with E-state index >= 15 is 0 Å². The largest absolute Gasteiger partial charge is 0.361 e. The summed E-state index contributed by atoms with van der Waals surface area (Å²) in [5.41, 5.74) is 2.91. The SMILES string of the molecule is CC(Sc1nnnn1-c1ccc(Cl)cc1)C(=O)NCCc1c[nH]c2ccc(Cl)cc12. The molecule has 2 aromatic heterocycles. The van der Waals surface area contributed by atoms with E-state index in [4.69, 9.17) is 23.2 Å². The Morgan fingerprint density at radius 3 is 2.77 bits per heavy atom. The number of nitrogens with zero attached hydrogens (tertiary/aromatic N) is 4. The number of aromatic amines is 1. The third-order valence-corrected chi connectivity index (χ3v) is 6.11. The van der Waals surface area contributed by atoms with Crippen LogP contribution in [0.5, 0.6) is 0 Å². The molecule has 0 spiro atoms. The molecule has 0 aliphatic heterocycles. The fraction of sp³-hybridized carbons (Fsp3) is 0.200. The average Bonchev–Trinajstić information content (AvgIpc) is 3.35. The first-order valence-corrected chi connectivity index (χ1v) is 10.9. The zero-order valence-electron chi connectivity index (χ0n) is 16.0. The summed E-state index contributed by atoms with van der Waals surface area (Å²) in [5.74, 6) is -0.0801. The molecule has 0 radical (unpaired) electrons. The standard InChI is InChI=1S/C20H18Cl2N6OS/c1-12(30-20-25-26-27-28(20)16-5-2-14(21)3-6-16)19(29)23-9-8-13-11-24-18-7-4-15(22)10-17(13)18/h2-7,10-12,24H,8-9H2,1H3,(H,23,29). The van der Waals surface area contributed by atoms with Crippen molar-refractivity contribution in [3.8, 4) is 5.69 Å². The fourth-order valence-corrected chi connectivity index (χ4v) is 4.16. The van der Waals surface area contributed by atoms with Crippen molar-refractivity contribution in [1.29, 1.82) is 0 Å². The number of benzene rings is 2. The lowest BCUT2D eigenvalue weighted by atomic mass is 10.1. The van der Waals surface area contributed by atoms with Crippen molar-refractivity contribution in [3.05, 3.63) is 64.3 Å². The minimum absolute atomic E-state index is 0.0801. The number of carbonyl (C=O) groups is 1. The lowest BCUT2D eigenvalue weighted by molar-refractivity contribution is -0.120. The Hall–Kier alpha value is -2.55. The van der Waals surface area contributed by atoms with Crippen LogP contribution in [0.2, 0.25) is 10.0 Å². The molecule has 2 aromatic carbocycles. The van der Waals surface area contributed by atoms with Crippen LogP contribution in [-0.2, 0) is 11.2 Å². The lowest BCUT2D eigenvalue weighted by Gasteiger charge is -2.11. The Morgan fingerprint density at radius 1 is 1.20 bits per heavy atom. The number of H-pyrrole nitrogens is 1. The van der Waals surface area contributed by atoms with Crippen LogP contribution >= 0.6 is 35.0 Å². The first kappa shape index (κ1) is 20.7. The van der Waals surface area contributed by atoms with Crippen molar-refractivity contribution >= 4 is 51.8 Å². The Morgan fingerprint density at radius 2 is 1.97 bits per heavy atom. The zero-order chi connectivity index (χ0) is 21.1. The van der Waals surface area contributed by atoms with Crippen molar-refractivity contribution in [2.75, 3.05) is 6.54 Å². The molecule has 0 aliphatic rings. The van der Waals surface area contributed by atoms with Gasteiger partial charge in [0.25, 0.3) is 0 Å². The highest BCUT2D eigenvalue weighted by Crippen LogP contribution is 2.24. The van der Waals surface area contributed by atoms with Gasteiger partial charge in [-0.05, 0) is 71.8 Å². The third-order valence-electron chi connectivity index (χ3n) is 4.59. The molecule has 0 saturated carbocycles. The fourth-order valence-electron chi connectivity index (χ4n) is 3.03. The number of thioether (sulfide) groups is 1. The summed E-state index contributed by atoms with van der Waals surface area (Å²) in [5, 5.41) is 17.3. The summed E-state index contributed by atoms with van der Waals surface area (Å²) < 4.78 is 1.58.